The third kappa shape index (κ3) is 2.74. The number of benzene rings is 2. The molecule has 22 heavy (non-hydrogen) atoms. The summed E-state index contributed by atoms with van der Waals surface area (Å²) in [7, 11) is 0. The van der Waals surface area contributed by atoms with Gasteiger partial charge in [-0.05, 0) is 29.8 Å². The summed E-state index contributed by atoms with van der Waals surface area (Å²) in [5, 5.41) is 0. The fourth-order valence-electron chi connectivity index (χ4n) is 2.34. The maximum Gasteiger partial charge on any atom is 0.288 e. The third-order valence-corrected chi connectivity index (χ3v) is 4.09. The van der Waals surface area contributed by atoms with Crippen LogP contribution in [0.3, 0.4) is 0 Å². The molecule has 0 saturated heterocycles. The molecule has 2 aromatic carbocycles. The Labute approximate surface area is 129 Å². The van der Waals surface area contributed by atoms with Crippen LogP contribution in [0.15, 0.2) is 53.4 Å². The van der Waals surface area contributed by atoms with Gasteiger partial charge in [0.1, 0.15) is 0 Å². The van der Waals surface area contributed by atoms with Gasteiger partial charge in [-0.25, -0.2) is 0 Å². The number of hydrogen-bond donors (Lipinski definition) is 0. The average Bonchev–Trinajstić information content (AvgIpc) is 2.74. The monoisotopic (exact) mass is 319 g/mol. The Kier molecular flexibility index (Phi) is 3.94. The highest BCUT2D eigenvalue weighted by Gasteiger charge is 2.34. The number of alkyl halides is 2. The van der Waals surface area contributed by atoms with Gasteiger partial charge in [-0.3, -0.25) is 14.5 Å². The van der Waals surface area contributed by atoms with Crippen LogP contribution in [0, 0.1) is 0 Å². The number of amides is 2. The lowest BCUT2D eigenvalue weighted by Crippen LogP contribution is -2.29. The summed E-state index contributed by atoms with van der Waals surface area (Å²) in [6.07, 6.45) is 0. The van der Waals surface area contributed by atoms with E-state index in [0.717, 1.165) is 0 Å². The van der Waals surface area contributed by atoms with E-state index in [4.69, 9.17) is 0 Å². The minimum Gasteiger partial charge on any atom is -0.270 e. The summed E-state index contributed by atoms with van der Waals surface area (Å²) in [5.74, 6) is -3.12. The molecule has 0 fully saturated rings. The van der Waals surface area contributed by atoms with Gasteiger partial charge in [-0.15, -0.1) is 0 Å². The minimum atomic E-state index is -2.47. The Bertz CT molecular complexity index is 696. The van der Waals surface area contributed by atoms with Crippen molar-refractivity contribution in [1.82, 2.24) is 4.90 Å². The van der Waals surface area contributed by atoms with Crippen LogP contribution >= 0.6 is 11.8 Å². The fourth-order valence-corrected chi connectivity index (χ4v) is 2.84. The summed E-state index contributed by atoms with van der Waals surface area (Å²) in [6.45, 7) is 0.131. The lowest BCUT2D eigenvalue weighted by atomic mass is 10.1. The van der Waals surface area contributed by atoms with Crippen LogP contribution in [0.25, 0.3) is 0 Å². The molecule has 3 rings (SSSR count). The first kappa shape index (κ1) is 14.7. The summed E-state index contributed by atoms with van der Waals surface area (Å²) in [6, 6.07) is 13.1. The van der Waals surface area contributed by atoms with Gasteiger partial charge in [-0.2, -0.15) is 8.78 Å². The Balaban J connectivity index is 1.77. The zero-order valence-electron chi connectivity index (χ0n) is 11.3. The van der Waals surface area contributed by atoms with Gasteiger partial charge in [-0.1, -0.05) is 36.0 Å². The molecule has 0 aromatic heterocycles. The highest BCUT2D eigenvalue weighted by atomic mass is 32.2. The second-order valence-electron chi connectivity index (χ2n) is 4.76. The number of imide groups is 1. The summed E-state index contributed by atoms with van der Waals surface area (Å²) >= 11 is 0.460. The quantitative estimate of drug-likeness (QED) is 0.635. The second-order valence-corrected chi connectivity index (χ2v) is 5.83. The van der Waals surface area contributed by atoms with Crippen molar-refractivity contribution in [2.24, 2.45) is 0 Å². The number of nitrogens with zero attached hydrogens (tertiary/aromatic N) is 1. The van der Waals surface area contributed by atoms with Crippen LogP contribution in [0.5, 0.6) is 0 Å². The number of halogens is 2. The van der Waals surface area contributed by atoms with E-state index < -0.39 is 5.76 Å². The minimum absolute atomic E-state index is 0.131. The molecule has 112 valence electrons. The van der Waals surface area contributed by atoms with Crippen molar-refractivity contribution >= 4 is 23.6 Å². The summed E-state index contributed by atoms with van der Waals surface area (Å²) < 4.78 is 24.5. The van der Waals surface area contributed by atoms with Gasteiger partial charge in [0.2, 0.25) is 0 Å². The zero-order chi connectivity index (χ0) is 15.7. The van der Waals surface area contributed by atoms with Crippen molar-refractivity contribution in [3.8, 4) is 0 Å². The van der Waals surface area contributed by atoms with Crippen LogP contribution in [0.4, 0.5) is 8.78 Å². The molecule has 6 heteroatoms. The normalized spacial score (nSPS) is 13.9. The lowest BCUT2D eigenvalue weighted by Gasteiger charge is -2.14. The van der Waals surface area contributed by atoms with E-state index in [1.54, 1.807) is 48.5 Å². The van der Waals surface area contributed by atoms with E-state index in [2.05, 4.69) is 0 Å². The maximum atomic E-state index is 12.3. The molecular formula is C16H11F2NO2S. The molecule has 0 bridgehead atoms. The van der Waals surface area contributed by atoms with Crippen molar-refractivity contribution in [3.05, 3.63) is 65.2 Å². The number of fused-ring (bicyclic) bond motifs is 1. The molecule has 2 amide bonds. The molecule has 3 nitrogen and oxygen atoms in total. The topological polar surface area (TPSA) is 37.4 Å². The average molecular weight is 319 g/mol. The molecule has 0 atom stereocenters. The molecule has 0 radical (unpaired) electrons. The molecule has 0 spiro atoms. The Morgan fingerprint density at radius 1 is 0.909 bits per heavy atom. The van der Waals surface area contributed by atoms with Crippen molar-refractivity contribution in [2.75, 3.05) is 0 Å². The van der Waals surface area contributed by atoms with Crippen LogP contribution in [-0.2, 0) is 6.54 Å². The molecule has 2 aromatic rings. The van der Waals surface area contributed by atoms with Gasteiger partial charge in [0, 0.05) is 4.90 Å². The van der Waals surface area contributed by atoms with Gasteiger partial charge in [0.15, 0.2) is 0 Å². The van der Waals surface area contributed by atoms with Gasteiger partial charge < -0.3 is 0 Å². The van der Waals surface area contributed by atoms with Crippen molar-refractivity contribution in [1.29, 1.82) is 0 Å². The number of hydrogen-bond acceptors (Lipinski definition) is 3. The number of carbonyl (C=O) groups excluding carboxylic acids is 2. The van der Waals surface area contributed by atoms with Gasteiger partial charge in [0.25, 0.3) is 17.6 Å². The molecule has 0 aliphatic carbocycles. The largest absolute Gasteiger partial charge is 0.288 e. The number of rotatable bonds is 4. The van der Waals surface area contributed by atoms with Crippen LogP contribution in [-0.4, -0.2) is 22.5 Å². The van der Waals surface area contributed by atoms with Gasteiger partial charge >= 0.3 is 0 Å². The van der Waals surface area contributed by atoms with Crippen LogP contribution in [0.1, 0.15) is 26.3 Å². The SMILES string of the molecule is O=C1c2ccccc2C(=O)N1Cc1ccc(SC(F)F)cc1. The standard InChI is InChI=1S/C16H11F2NO2S/c17-16(18)22-11-7-5-10(6-8-11)9-19-14(20)12-3-1-2-4-13(12)15(19)21/h1-8,16H,9H2. The molecule has 1 aliphatic heterocycles. The predicted octanol–water partition coefficient (Wildman–Crippen LogP) is 3.80. The molecular weight excluding hydrogens is 308 g/mol. The first-order chi connectivity index (χ1) is 10.6. The smallest absolute Gasteiger partial charge is 0.270 e. The molecule has 0 unspecified atom stereocenters. The highest BCUT2D eigenvalue weighted by molar-refractivity contribution is 7.99. The van der Waals surface area contributed by atoms with Crippen molar-refractivity contribution in [3.63, 3.8) is 0 Å². The number of carbonyl (C=O) groups is 2. The van der Waals surface area contributed by atoms with Crippen molar-refractivity contribution in [2.45, 2.75) is 17.2 Å². The summed E-state index contributed by atoms with van der Waals surface area (Å²) in [4.78, 5) is 26.1. The van der Waals surface area contributed by atoms with E-state index >= 15 is 0 Å². The van der Waals surface area contributed by atoms with Gasteiger partial charge in [0.05, 0.1) is 17.7 Å². The van der Waals surface area contributed by atoms with Crippen LogP contribution < -0.4 is 0 Å². The first-order valence-corrected chi connectivity index (χ1v) is 7.43. The lowest BCUT2D eigenvalue weighted by molar-refractivity contribution is 0.0642. The van der Waals surface area contributed by atoms with E-state index in [-0.39, 0.29) is 18.4 Å². The maximum absolute atomic E-state index is 12.3. The van der Waals surface area contributed by atoms with E-state index in [1.807, 2.05) is 0 Å². The van der Waals surface area contributed by atoms with E-state index in [0.29, 0.717) is 33.3 Å². The van der Waals surface area contributed by atoms with E-state index in [1.165, 1.54) is 4.90 Å². The fraction of sp³-hybridized carbons (Fsp3) is 0.125. The third-order valence-electron chi connectivity index (χ3n) is 3.37. The Morgan fingerprint density at radius 3 is 1.95 bits per heavy atom. The zero-order valence-corrected chi connectivity index (χ0v) is 12.1. The molecule has 0 N–H and O–H groups in total. The number of thioether (sulfide) groups is 1. The summed E-state index contributed by atoms with van der Waals surface area (Å²) in [5.41, 5.74) is 1.52. The first-order valence-electron chi connectivity index (χ1n) is 6.55. The molecule has 1 aliphatic rings. The van der Waals surface area contributed by atoms with E-state index in [9.17, 15) is 18.4 Å². The highest BCUT2D eigenvalue weighted by Crippen LogP contribution is 2.27. The molecule has 0 saturated carbocycles. The second kappa shape index (κ2) is 5.88. The van der Waals surface area contributed by atoms with Crippen molar-refractivity contribution < 1.29 is 18.4 Å². The molecule has 1 heterocycles. The van der Waals surface area contributed by atoms with Crippen LogP contribution in [0.2, 0.25) is 0 Å². The predicted molar refractivity (Wildman–Crippen MR) is 78.9 cm³/mol. The Morgan fingerprint density at radius 2 is 1.45 bits per heavy atom. The Hall–Kier alpha value is -2.21.